The third kappa shape index (κ3) is 4.84. The average Bonchev–Trinajstić information content (AvgIpc) is 3.25. The van der Waals surface area contributed by atoms with Gasteiger partial charge in [-0.05, 0) is 50.5 Å². The summed E-state index contributed by atoms with van der Waals surface area (Å²) in [7, 11) is 0. The Balaban J connectivity index is 1.01. The van der Waals surface area contributed by atoms with E-state index < -0.39 is 11.7 Å². The minimum Gasteiger partial charge on any atom is -0.446 e. The normalized spacial score (nSPS) is 23.9. The molecular formula is C28H31F3N4O2S. The summed E-state index contributed by atoms with van der Waals surface area (Å²) >= 11 is 1.26. The number of carbonyl (C=O) groups is 1. The predicted molar refractivity (Wildman–Crippen MR) is 141 cm³/mol. The lowest BCUT2D eigenvalue weighted by atomic mass is 9.61. The average molecular weight is 545 g/mol. The molecule has 3 aromatic rings. The minimum absolute atomic E-state index is 0.0333. The van der Waals surface area contributed by atoms with Crippen molar-refractivity contribution in [2.75, 3.05) is 31.1 Å². The first kappa shape index (κ1) is 25.4. The number of likely N-dealkylation sites (tertiary alicyclic amines) is 1. The number of anilines is 1. The fraction of sp³-hybridized carbons (Fsp3) is 0.500. The molecule has 38 heavy (non-hydrogen) atoms. The number of halogens is 3. The highest BCUT2D eigenvalue weighted by atomic mass is 32.1. The summed E-state index contributed by atoms with van der Waals surface area (Å²) in [6, 6.07) is 14.0. The zero-order valence-corrected chi connectivity index (χ0v) is 22.3. The van der Waals surface area contributed by atoms with Gasteiger partial charge in [0.15, 0.2) is 5.13 Å². The second kappa shape index (κ2) is 9.41. The predicted octanol–water partition coefficient (Wildman–Crippen LogP) is 6.02. The molecule has 0 unspecified atom stereocenters. The molecule has 1 spiro atoms. The van der Waals surface area contributed by atoms with E-state index in [-0.39, 0.29) is 29.7 Å². The second-order valence-electron chi connectivity index (χ2n) is 11.2. The molecule has 2 aromatic carbocycles. The number of carbonyl (C=O) groups excluding carboxylic acids is 1. The number of alkyl halides is 3. The molecule has 2 aliphatic heterocycles. The van der Waals surface area contributed by atoms with Crippen LogP contribution in [0.25, 0.3) is 10.2 Å². The van der Waals surface area contributed by atoms with Crippen molar-refractivity contribution in [1.29, 1.82) is 0 Å². The first-order valence-corrected chi connectivity index (χ1v) is 13.9. The second-order valence-corrected chi connectivity index (χ2v) is 12.2. The number of rotatable bonds is 4. The molecule has 1 amide bonds. The summed E-state index contributed by atoms with van der Waals surface area (Å²) in [5, 5.41) is 0.678. The molecule has 1 saturated carbocycles. The molecule has 3 aliphatic rings. The smallest absolute Gasteiger partial charge is 0.416 e. The maximum absolute atomic E-state index is 13.1. The fourth-order valence-corrected chi connectivity index (χ4v) is 7.29. The molecule has 10 heteroatoms. The van der Waals surface area contributed by atoms with Gasteiger partial charge in [0.05, 0.1) is 15.8 Å². The molecule has 2 saturated heterocycles. The molecule has 3 heterocycles. The first-order valence-electron chi connectivity index (χ1n) is 13.1. The fourth-order valence-electron chi connectivity index (χ4n) is 6.17. The van der Waals surface area contributed by atoms with Crippen LogP contribution in [0.15, 0.2) is 48.5 Å². The maximum Gasteiger partial charge on any atom is 0.416 e. The van der Waals surface area contributed by atoms with Crippen molar-refractivity contribution >= 4 is 32.8 Å². The number of hydrogen-bond acceptors (Lipinski definition) is 6. The van der Waals surface area contributed by atoms with E-state index in [1.165, 1.54) is 23.0 Å². The van der Waals surface area contributed by atoms with Gasteiger partial charge in [0, 0.05) is 50.2 Å². The maximum atomic E-state index is 13.1. The van der Waals surface area contributed by atoms with Gasteiger partial charge in [-0.2, -0.15) is 13.2 Å². The summed E-state index contributed by atoms with van der Waals surface area (Å²) in [4.78, 5) is 24.0. The molecule has 2 atom stereocenters. The van der Waals surface area contributed by atoms with E-state index in [1.54, 1.807) is 4.90 Å². The summed E-state index contributed by atoms with van der Waals surface area (Å²) in [6.07, 6.45) is -2.86. The molecule has 0 N–H and O–H groups in total. The molecule has 0 radical (unpaired) electrons. The minimum atomic E-state index is -4.38. The van der Waals surface area contributed by atoms with E-state index in [0.29, 0.717) is 28.4 Å². The molecule has 1 aromatic heterocycles. The Kier molecular flexibility index (Phi) is 6.30. The molecule has 0 bridgehead atoms. The van der Waals surface area contributed by atoms with Gasteiger partial charge in [-0.15, -0.1) is 0 Å². The number of thiazole rings is 1. The molecular weight excluding hydrogens is 513 g/mol. The number of fused-ring (bicyclic) bond motifs is 1. The standard InChI is InChI=1S/C28H31F3N4O2S/c1-18-14-35(19(2)13-34(18)25-32-23-9-8-21(28(29,30)31)10-24(23)38-25)26(36)37-22-11-27(12-22)16-33(17-27)15-20-6-4-3-5-7-20/h3-10,18-19,22H,11-17H2,1-2H3/t18-,19+/m0/s1. The van der Waals surface area contributed by atoms with Gasteiger partial charge in [-0.25, -0.2) is 9.78 Å². The van der Waals surface area contributed by atoms with Crippen LogP contribution in [-0.2, 0) is 17.5 Å². The lowest BCUT2D eigenvalue weighted by molar-refractivity contribution is -0.137. The highest BCUT2D eigenvalue weighted by molar-refractivity contribution is 7.22. The van der Waals surface area contributed by atoms with Crippen LogP contribution >= 0.6 is 11.3 Å². The number of hydrogen-bond donors (Lipinski definition) is 0. The van der Waals surface area contributed by atoms with Crippen LogP contribution in [0.4, 0.5) is 23.1 Å². The Morgan fingerprint density at radius 1 is 1.08 bits per heavy atom. The molecule has 1 aliphatic carbocycles. The Morgan fingerprint density at radius 2 is 1.82 bits per heavy atom. The zero-order valence-electron chi connectivity index (χ0n) is 21.4. The van der Waals surface area contributed by atoms with E-state index in [4.69, 9.17) is 4.74 Å². The van der Waals surface area contributed by atoms with E-state index in [0.717, 1.165) is 44.6 Å². The van der Waals surface area contributed by atoms with Gasteiger partial charge in [-0.3, -0.25) is 4.90 Å². The number of piperazine rings is 1. The Hall–Kier alpha value is -2.85. The van der Waals surface area contributed by atoms with Crippen LogP contribution < -0.4 is 4.90 Å². The first-order chi connectivity index (χ1) is 18.1. The van der Waals surface area contributed by atoms with Crippen LogP contribution in [0.2, 0.25) is 0 Å². The van der Waals surface area contributed by atoms with E-state index in [1.807, 2.05) is 19.9 Å². The zero-order chi connectivity index (χ0) is 26.7. The lowest BCUT2D eigenvalue weighted by Gasteiger charge is -2.58. The van der Waals surface area contributed by atoms with Gasteiger partial charge >= 0.3 is 12.3 Å². The van der Waals surface area contributed by atoms with Crippen LogP contribution in [0.1, 0.15) is 37.8 Å². The molecule has 6 nitrogen and oxygen atoms in total. The van der Waals surface area contributed by atoms with Crippen LogP contribution in [0.3, 0.4) is 0 Å². The number of aromatic nitrogens is 1. The lowest BCUT2D eigenvalue weighted by Crippen LogP contribution is -2.64. The topological polar surface area (TPSA) is 48.9 Å². The van der Waals surface area contributed by atoms with Crippen LogP contribution in [-0.4, -0.2) is 65.2 Å². The van der Waals surface area contributed by atoms with Crippen molar-refractivity contribution < 1.29 is 22.7 Å². The number of ether oxygens (including phenoxy) is 1. The molecule has 202 valence electrons. The highest BCUT2D eigenvalue weighted by Gasteiger charge is 2.54. The van der Waals surface area contributed by atoms with Crippen LogP contribution in [0.5, 0.6) is 0 Å². The van der Waals surface area contributed by atoms with Crippen molar-refractivity contribution in [1.82, 2.24) is 14.8 Å². The van der Waals surface area contributed by atoms with Crippen molar-refractivity contribution in [3.8, 4) is 0 Å². The Morgan fingerprint density at radius 3 is 2.53 bits per heavy atom. The van der Waals surface area contributed by atoms with E-state index >= 15 is 0 Å². The summed E-state index contributed by atoms with van der Waals surface area (Å²) in [6.45, 7) is 8.07. The molecule has 3 fully saturated rings. The number of nitrogens with zero attached hydrogens (tertiary/aromatic N) is 4. The van der Waals surface area contributed by atoms with Gasteiger partial charge in [0.25, 0.3) is 0 Å². The SMILES string of the molecule is C[C@@H]1CN(c2nc3ccc(C(F)(F)F)cc3s2)[C@@H](C)CN1C(=O)OC1CC2(C1)CN(Cc1ccccc1)C2. The summed E-state index contributed by atoms with van der Waals surface area (Å²) < 4.78 is 45.7. The molecule has 6 rings (SSSR count). The Bertz CT molecular complexity index is 1320. The van der Waals surface area contributed by atoms with Gasteiger partial charge in [0.1, 0.15) is 6.10 Å². The van der Waals surface area contributed by atoms with Crippen molar-refractivity contribution in [2.45, 2.75) is 57.6 Å². The third-order valence-electron chi connectivity index (χ3n) is 8.13. The number of benzene rings is 2. The van der Waals surface area contributed by atoms with Gasteiger partial charge in [0.2, 0.25) is 0 Å². The third-order valence-corrected chi connectivity index (χ3v) is 9.18. The summed E-state index contributed by atoms with van der Waals surface area (Å²) in [5.41, 5.74) is 1.49. The highest BCUT2D eigenvalue weighted by Crippen LogP contribution is 2.50. The quantitative estimate of drug-likeness (QED) is 0.402. The van der Waals surface area contributed by atoms with Crippen LogP contribution in [0, 0.1) is 5.41 Å². The number of amides is 1. The van der Waals surface area contributed by atoms with E-state index in [2.05, 4.69) is 39.0 Å². The van der Waals surface area contributed by atoms with Crippen molar-refractivity contribution in [2.24, 2.45) is 5.41 Å². The monoisotopic (exact) mass is 544 g/mol. The van der Waals surface area contributed by atoms with Crippen molar-refractivity contribution in [3.63, 3.8) is 0 Å². The largest absolute Gasteiger partial charge is 0.446 e. The van der Waals surface area contributed by atoms with Gasteiger partial charge < -0.3 is 14.5 Å². The Labute approximate surface area is 224 Å². The summed E-state index contributed by atoms with van der Waals surface area (Å²) in [5.74, 6) is 0. The van der Waals surface area contributed by atoms with E-state index in [9.17, 15) is 18.0 Å². The van der Waals surface area contributed by atoms with Crippen molar-refractivity contribution in [3.05, 3.63) is 59.7 Å². The van der Waals surface area contributed by atoms with Gasteiger partial charge in [-0.1, -0.05) is 41.7 Å².